The minimum atomic E-state index is -4.83. The topological polar surface area (TPSA) is 75.7 Å². The molecule has 22 heavy (non-hydrogen) atoms. The van der Waals surface area contributed by atoms with Crippen molar-refractivity contribution < 1.29 is 86.9 Å². The van der Waals surface area contributed by atoms with E-state index in [1.165, 1.54) is 0 Å². The summed E-state index contributed by atoms with van der Waals surface area (Å²) >= 11 is 4.55. The molecule has 1 rings (SSSR count). The second-order valence-corrected chi connectivity index (χ2v) is 8.47. The van der Waals surface area contributed by atoms with Crippen molar-refractivity contribution in [2.45, 2.75) is 18.0 Å². The summed E-state index contributed by atoms with van der Waals surface area (Å²) in [4.78, 5) is 11.0. The van der Waals surface area contributed by atoms with Gasteiger partial charge in [0, 0.05) is 0 Å². The average Bonchev–Trinajstić information content (AvgIpc) is 2.25. The summed E-state index contributed by atoms with van der Waals surface area (Å²) < 4.78 is 68.9. The second kappa shape index (κ2) is 8.89. The van der Waals surface area contributed by atoms with E-state index < -0.39 is 33.4 Å². The van der Waals surface area contributed by atoms with E-state index in [9.17, 15) is 26.5 Å². The van der Waals surface area contributed by atoms with Gasteiger partial charge in [-0.3, -0.25) is 0 Å². The monoisotopic (exact) mass is 402 g/mol. The van der Waals surface area contributed by atoms with Gasteiger partial charge < -0.3 is 13.9 Å². The molecule has 0 N–H and O–H groups in total. The van der Waals surface area contributed by atoms with Crippen molar-refractivity contribution in [3.63, 3.8) is 0 Å². The summed E-state index contributed by atoms with van der Waals surface area (Å²) in [5.74, 6) is -2.02. The minimum Gasteiger partial charge on any atom is -0.770 e. The summed E-state index contributed by atoms with van der Waals surface area (Å²) in [6.07, 6.45) is -4.83. The summed E-state index contributed by atoms with van der Waals surface area (Å²) in [6, 6.07) is 3.94. The fraction of sp³-hybridized carbons (Fsp3) is 0.400. The van der Waals surface area contributed by atoms with Gasteiger partial charge in [-0.05, 0) is 43.0 Å². The molecule has 0 spiro atoms. The fourth-order valence-electron chi connectivity index (χ4n) is 1.32. The van der Waals surface area contributed by atoms with Crippen molar-refractivity contribution in [2.75, 3.05) is 12.4 Å². The van der Waals surface area contributed by atoms with Gasteiger partial charge in [0.2, 0.25) is 0 Å². The van der Waals surface area contributed by atoms with E-state index in [0.29, 0.717) is 0 Å². The molecule has 1 unspecified atom stereocenters. The molecule has 5 nitrogen and oxygen atoms in total. The van der Waals surface area contributed by atoms with Gasteiger partial charge in [0.05, 0.1) is 11.5 Å². The Bertz CT molecular complexity index is 633. The molecule has 0 saturated carbocycles. The van der Waals surface area contributed by atoms with Gasteiger partial charge in [0.25, 0.3) is 0 Å². The number of benzene rings is 1. The summed E-state index contributed by atoms with van der Waals surface area (Å²) in [6.45, 7) is -2.14. The minimum absolute atomic E-state index is 0. The van der Waals surface area contributed by atoms with Crippen molar-refractivity contribution >= 4 is 28.4 Å². The molecular weight excluding hydrogens is 391 g/mol. The van der Waals surface area contributed by atoms with Crippen molar-refractivity contribution in [2.24, 2.45) is 0 Å². The number of sulfone groups is 1. The number of alkyl halides is 3. The first-order valence-corrected chi connectivity index (χ1v) is 9.71. The molecule has 1 aromatic carbocycles. The van der Waals surface area contributed by atoms with Crippen LogP contribution in [0.3, 0.4) is 0 Å². The van der Waals surface area contributed by atoms with Gasteiger partial charge in [-0.2, -0.15) is 13.2 Å². The number of hydrogen-bond donors (Lipinski definition) is 0. The van der Waals surface area contributed by atoms with E-state index in [2.05, 4.69) is 16.3 Å². The third-order valence-corrected chi connectivity index (χ3v) is 5.29. The molecule has 0 aliphatic rings. The van der Waals surface area contributed by atoms with Crippen LogP contribution in [-0.4, -0.2) is 27.0 Å². The van der Waals surface area contributed by atoms with E-state index >= 15 is 0 Å². The second-order valence-electron chi connectivity index (χ2n) is 3.80. The van der Waals surface area contributed by atoms with Crippen LogP contribution < -0.4 is 60.8 Å². The third kappa shape index (κ3) is 8.18. The smallest absolute Gasteiger partial charge is 0.770 e. The first-order chi connectivity index (χ1) is 9.45. The average molecular weight is 402 g/mol. The largest absolute Gasteiger partial charge is 1.00 e. The maximum Gasteiger partial charge on any atom is 1.00 e. The van der Waals surface area contributed by atoms with Crippen LogP contribution >= 0.6 is 6.72 Å². The zero-order chi connectivity index (χ0) is 16.3. The van der Waals surface area contributed by atoms with E-state index in [4.69, 9.17) is 4.52 Å². The molecule has 1 atom stereocenters. The van der Waals surface area contributed by atoms with Crippen LogP contribution in [0.5, 0.6) is 5.75 Å². The van der Waals surface area contributed by atoms with E-state index in [-0.39, 0.29) is 63.7 Å². The van der Waals surface area contributed by atoms with Crippen LogP contribution in [0.4, 0.5) is 13.2 Å². The molecular formula is C10H11F3KO5PS2. The van der Waals surface area contributed by atoms with Crippen LogP contribution in [0, 0.1) is 0 Å². The van der Waals surface area contributed by atoms with Crippen molar-refractivity contribution in [1.82, 2.24) is 0 Å². The molecule has 0 fully saturated rings. The summed E-state index contributed by atoms with van der Waals surface area (Å²) in [5, 5.41) is 0. The van der Waals surface area contributed by atoms with E-state index in [1.807, 2.05) is 0 Å². The normalized spacial score (nSPS) is 14.8. The zero-order valence-corrected chi connectivity index (χ0v) is 17.3. The Hall–Kier alpha value is 0.966. The maximum atomic E-state index is 12.2. The van der Waals surface area contributed by atoms with Crippen LogP contribution in [-0.2, 0) is 26.2 Å². The first-order valence-electron chi connectivity index (χ1n) is 5.50. The molecule has 120 valence electrons. The Morgan fingerprint density at radius 3 is 2.18 bits per heavy atom. The van der Waals surface area contributed by atoms with Gasteiger partial charge in [0.1, 0.15) is 5.75 Å². The van der Waals surface area contributed by atoms with Crippen molar-refractivity contribution in [3.05, 3.63) is 24.3 Å². The number of rotatable bonds is 6. The molecule has 1 aromatic rings. The van der Waals surface area contributed by atoms with Gasteiger partial charge in [-0.15, -0.1) is 0 Å². The Kier molecular flexibility index (Phi) is 9.28. The van der Waals surface area contributed by atoms with Gasteiger partial charge >= 0.3 is 57.6 Å². The quantitative estimate of drug-likeness (QED) is 0.450. The molecule has 0 saturated heterocycles. The summed E-state index contributed by atoms with van der Waals surface area (Å²) in [5.41, 5.74) is 0. The van der Waals surface area contributed by atoms with E-state index in [1.54, 1.807) is 6.92 Å². The molecule has 0 radical (unpaired) electrons. The SMILES string of the molecule is CCOP([O-])(=S)Oc1ccc(S(=O)(=O)CC(F)(F)F)cc1.[K+]. The molecule has 0 amide bonds. The molecule has 0 aromatic heterocycles. The Morgan fingerprint density at radius 2 is 1.77 bits per heavy atom. The van der Waals surface area contributed by atoms with Crippen LogP contribution in [0.25, 0.3) is 0 Å². The first kappa shape index (κ1) is 23.0. The molecule has 12 heteroatoms. The predicted octanol–water partition coefficient (Wildman–Crippen LogP) is -0.973. The van der Waals surface area contributed by atoms with Crippen molar-refractivity contribution in [3.8, 4) is 5.75 Å². The van der Waals surface area contributed by atoms with Crippen LogP contribution in [0.2, 0.25) is 0 Å². The molecule has 0 aliphatic heterocycles. The van der Waals surface area contributed by atoms with Crippen LogP contribution in [0.15, 0.2) is 29.2 Å². The van der Waals surface area contributed by atoms with E-state index in [0.717, 1.165) is 24.3 Å². The zero-order valence-electron chi connectivity index (χ0n) is 11.7. The molecule has 0 heterocycles. The van der Waals surface area contributed by atoms with Crippen molar-refractivity contribution in [1.29, 1.82) is 0 Å². The number of halogens is 3. The number of hydrogen-bond acceptors (Lipinski definition) is 6. The standard InChI is InChI=1S/C10H12F3O5PS2.K/c1-2-17-19(14,20)18-8-3-5-9(6-4-8)21(15,16)7-10(11,12)13;/h3-6H,2,7H2,1H3,(H,14,20);/q;+1/p-1. The van der Waals surface area contributed by atoms with Crippen LogP contribution in [0.1, 0.15) is 6.92 Å². The predicted molar refractivity (Wildman–Crippen MR) is 71.1 cm³/mol. The Morgan fingerprint density at radius 1 is 1.27 bits per heavy atom. The maximum absolute atomic E-state index is 12.2. The third-order valence-electron chi connectivity index (χ3n) is 2.04. The van der Waals surface area contributed by atoms with Gasteiger partial charge in [0.15, 0.2) is 22.3 Å². The Labute approximate surface area is 173 Å². The van der Waals surface area contributed by atoms with Gasteiger partial charge in [-0.25, -0.2) is 8.42 Å². The fourth-order valence-corrected chi connectivity index (χ4v) is 3.79. The molecule has 0 bridgehead atoms. The Balaban J connectivity index is 0.00000441. The molecule has 0 aliphatic carbocycles. The van der Waals surface area contributed by atoms with Gasteiger partial charge in [-0.1, -0.05) is 0 Å². The summed E-state index contributed by atoms with van der Waals surface area (Å²) in [7, 11) is -4.50.